The number of alkyl halides is 3. The van der Waals surface area contributed by atoms with E-state index in [4.69, 9.17) is 0 Å². The summed E-state index contributed by atoms with van der Waals surface area (Å²) in [5.41, 5.74) is -0.126. The van der Waals surface area contributed by atoms with E-state index in [0.717, 1.165) is 12.8 Å². The van der Waals surface area contributed by atoms with Gasteiger partial charge in [0.2, 0.25) is 11.8 Å². The van der Waals surface area contributed by atoms with Gasteiger partial charge < -0.3 is 15.7 Å². The van der Waals surface area contributed by atoms with Gasteiger partial charge in [0, 0.05) is 0 Å². The van der Waals surface area contributed by atoms with Crippen molar-refractivity contribution in [3.05, 3.63) is 0 Å². The first-order chi connectivity index (χ1) is 11.9. The van der Waals surface area contributed by atoms with Gasteiger partial charge in [0.15, 0.2) is 5.78 Å². The summed E-state index contributed by atoms with van der Waals surface area (Å²) in [4.78, 5) is 35.9. The van der Waals surface area contributed by atoms with Gasteiger partial charge in [0.05, 0.1) is 6.04 Å². The second kappa shape index (κ2) is 8.81. The molecule has 1 fully saturated rings. The Morgan fingerprint density at radius 1 is 1.19 bits per heavy atom. The van der Waals surface area contributed by atoms with E-state index in [-0.39, 0.29) is 11.8 Å². The molecule has 0 aliphatic heterocycles. The van der Waals surface area contributed by atoms with Gasteiger partial charge in [-0.15, -0.1) is 13.2 Å². The van der Waals surface area contributed by atoms with Gasteiger partial charge in [0.25, 0.3) is 0 Å². The quantitative estimate of drug-likeness (QED) is 0.524. The zero-order valence-electron chi connectivity index (χ0n) is 15.0. The summed E-state index contributed by atoms with van der Waals surface area (Å²) >= 11 is 0. The number of amides is 2. The molecule has 0 spiro atoms. The number of rotatable bonds is 10. The fraction of sp³-hybridized carbons (Fsp3) is 0.812. The molecule has 0 heterocycles. The van der Waals surface area contributed by atoms with Crippen LogP contribution in [0.25, 0.3) is 0 Å². The van der Waals surface area contributed by atoms with Gasteiger partial charge in [-0.2, -0.15) is 0 Å². The number of Topliss-reactive ketones (excluding diaryl/α,β-unsaturated/α-hetero) is 1. The molecule has 150 valence electrons. The predicted molar refractivity (Wildman–Crippen MR) is 84.8 cm³/mol. The van der Waals surface area contributed by atoms with Crippen molar-refractivity contribution in [2.45, 2.75) is 71.0 Å². The van der Waals surface area contributed by atoms with Crippen LogP contribution in [-0.4, -0.2) is 53.9 Å². The van der Waals surface area contributed by atoms with E-state index >= 15 is 0 Å². The maximum atomic E-state index is 12.4. The van der Waals surface area contributed by atoms with Crippen LogP contribution in [0.4, 0.5) is 13.2 Å². The first kappa shape index (κ1) is 22.4. The molecule has 7 nitrogen and oxygen atoms in total. The Kier molecular flexibility index (Phi) is 7.57. The van der Waals surface area contributed by atoms with Crippen LogP contribution in [0, 0.1) is 5.41 Å². The molecule has 10 heteroatoms. The molecule has 1 rings (SSSR count). The van der Waals surface area contributed by atoms with Gasteiger partial charge in [-0.25, -0.2) is 0 Å². The second-order valence-electron chi connectivity index (χ2n) is 6.93. The van der Waals surface area contributed by atoms with Crippen LogP contribution in [0.1, 0.15) is 46.5 Å². The molecule has 0 unspecified atom stereocenters. The Balaban J connectivity index is 2.66. The maximum absolute atomic E-state index is 12.4. The van der Waals surface area contributed by atoms with E-state index in [2.05, 4.69) is 15.4 Å². The number of ketones is 1. The minimum absolute atomic E-state index is 0.126. The van der Waals surface area contributed by atoms with Crippen molar-refractivity contribution >= 4 is 17.6 Å². The Morgan fingerprint density at radius 3 is 2.23 bits per heavy atom. The standard InChI is InChI=1S/C16H25F3N2O5/c1-4-11(22)14(25)21-10(7-15(3)5-6-15)13(24)20-9(2)12(23)8-26-16(17,18)19/h9-11,22H,4-8H2,1-3H3,(H,20,24)(H,21,25)/t9-,10-,11+/m0/s1. The molecular formula is C16H25F3N2O5. The smallest absolute Gasteiger partial charge is 0.383 e. The van der Waals surface area contributed by atoms with E-state index in [1.54, 1.807) is 6.92 Å². The number of halogens is 3. The number of hydrogen-bond acceptors (Lipinski definition) is 5. The highest BCUT2D eigenvalue weighted by molar-refractivity contribution is 5.93. The molecule has 1 aliphatic carbocycles. The van der Waals surface area contributed by atoms with Gasteiger partial charge >= 0.3 is 6.36 Å². The van der Waals surface area contributed by atoms with Crippen molar-refractivity contribution in [1.82, 2.24) is 10.6 Å². The number of hydrogen-bond donors (Lipinski definition) is 3. The highest BCUT2D eigenvalue weighted by atomic mass is 19.4. The molecule has 0 saturated heterocycles. The molecule has 3 N–H and O–H groups in total. The van der Waals surface area contributed by atoms with Gasteiger partial charge in [-0.05, 0) is 38.0 Å². The second-order valence-corrected chi connectivity index (χ2v) is 6.93. The lowest BCUT2D eigenvalue weighted by molar-refractivity contribution is -0.320. The van der Waals surface area contributed by atoms with Gasteiger partial charge in [-0.1, -0.05) is 13.8 Å². The zero-order valence-corrected chi connectivity index (χ0v) is 15.0. The minimum atomic E-state index is -4.94. The molecule has 0 aromatic heterocycles. The van der Waals surface area contributed by atoms with Crippen LogP contribution in [0.5, 0.6) is 0 Å². The van der Waals surface area contributed by atoms with E-state index < -0.39 is 48.8 Å². The van der Waals surface area contributed by atoms with Gasteiger partial charge in [0.1, 0.15) is 18.8 Å². The van der Waals surface area contributed by atoms with Crippen LogP contribution in [0.2, 0.25) is 0 Å². The van der Waals surface area contributed by atoms with Crippen LogP contribution in [-0.2, 0) is 19.1 Å². The Hall–Kier alpha value is -1.68. The third kappa shape index (κ3) is 7.69. The lowest BCUT2D eigenvalue weighted by Crippen LogP contribution is -2.53. The summed E-state index contributed by atoms with van der Waals surface area (Å²) in [5.74, 6) is -2.36. The SMILES string of the molecule is CC[C@@H](O)C(=O)N[C@@H](CC1(C)CC1)C(=O)N[C@@H](C)C(=O)COC(F)(F)F. The number of nitrogens with one attached hydrogen (secondary N) is 2. The Labute approximate surface area is 149 Å². The number of aliphatic hydroxyl groups is 1. The van der Waals surface area contributed by atoms with E-state index in [0.29, 0.717) is 6.42 Å². The monoisotopic (exact) mass is 382 g/mol. The van der Waals surface area contributed by atoms with Crippen LogP contribution >= 0.6 is 0 Å². The third-order valence-corrected chi connectivity index (χ3v) is 4.34. The van der Waals surface area contributed by atoms with E-state index in [9.17, 15) is 32.7 Å². The summed E-state index contributed by atoms with van der Waals surface area (Å²) in [5, 5.41) is 14.3. The highest BCUT2D eigenvalue weighted by Crippen LogP contribution is 2.48. The third-order valence-electron chi connectivity index (χ3n) is 4.34. The Bertz CT molecular complexity index is 534. The lowest BCUT2D eigenvalue weighted by Gasteiger charge is -2.24. The zero-order chi connectivity index (χ0) is 20.1. The average Bonchev–Trinajstić information content (AvgIpc) is 3.27. The highest BCUT2D eigenvalue weighted by Gasteiger charge is 2.42. The van der Waals surface area contributed by atoms with Crippen molar-refractivity contribution in [3.63, 3.8) is 0 Å². The average molecular weight is 382 g/mol. The lowest BCUT2D eigenvalue weighted by atomic mass is 9.97. The first-order valence-corrected chi connectivity index (χ1v) is 8.39. The Morgan fingerprint density at radius 2 is 1.77 bits per heavy atom. The predicted octanol–water partition coefficient (Wildman–Crippen LogP) is 1.04. The fourth-order valence-corrected chi connectivity index (χ4v) is 2.25. The van der Waals surface area contributed by atoms with Crippen molar-refractivity contribution in [2.75, 3.05) is 6.61 Å². The van der Waals surface area contributed by atoms with Crippen molar-refractivity contribution in [1.29, 1.82) is 0 Å². The normalized spacial score (nSPS) is 19.2. The molecule has 0 aromatic carbocycles. The molecule has 0 bridgehead atoms. The largest absolute Gasteiger partial charge is 0.522 e. The molecule has 26 heavy (non-hydrogen) atoms. The summed E-state index contributed by atoms with van der Waals surface area (Å²) in [6, 6.07) is -2.21. The summed E-state index contributed by atoms with van der Waals surface area (Å²) in [7, 11) is 0. The van der Waals surface area contributed by atoms with Gasteiger partial charge in [-0.3, -0.25) is 19.1 Å². The summed E-state index contributed by atoms with van der Waals surface area (Å²) in [6.07, 6.45) is -3.99. The molecule has 0 radical (unpaired) electrons. The van der Waals surface area contributed by atoms with E-state index in [1.165, 1.54) is 6.92 Å². The first-order valence-electron chi connectivity index (χ1n) is 8.39. The van der Waals surface area contributed by atoms with Crippen molar-refractivity contribution < 1.29 is 37.4 Å². The number of carbonyl (C=O) groups excluding carboxylic acids is 3. The van der Waals surface area contributed by atoms with Crippen LogP contribution < -0.4 is 10.6 Å². The summed E-state index contributed by atoms with van der Waals surface area (Å²) in [6.45, 7) is 3.55. The molecule has 1 saturated carbocycles. The van der Waals surface area contributed by atoms with Crippen LogP contribution in [0.3, 0.4) is 0 Å². The van der Waals surface area contributed by atoms with Crippen molar-refractivity contribution in [2.24, 2.45) is 5.41 Å². The minimum Gasteiger partial charge on any atom is -0.383 e. The number of carbonyl (C=O) groups is 3. The summed E-state index contributed by atoms with van der Waals surface area (Å²) < 4.78 is 39.4. The molecule has 3 atom stereocenters. The number of aliphatic hydroxyl groups excluding tert-OH is 1. The fourth-order valence-electron chi connectivity index (χ4n) is 2.25. The number of ether oxygens (including phenoxy) is 1. The molecule has 0 aromatic rings. The molecular weight excluding hydrogens is 357 g/mol. The molecule has 2 amide bonds. The molecule has 1 aliphatic rings. The maximum Gasteiger partial charge on any atom is 0.522 e. The topological polar surface area (TPSA) is 105 Å². The van der Waals surface area contributed by atoms with Crippen molar-refractivity contribution in [3.8, 4) is 0 Å². The van der Waals surface area contributed by atoms with E-state index in [1.807, 2.05) is 6.92 Å². The van der Waals surface area contributed by atoms with Crippen LogP contribution in [0.15, 0.2) is 0 Å².